The van der Waals surface area contributed by atoms with Crippen LogP contribution in [0.4, 0.5) is 10.5 Å². The lowest BCUT2D eigenvalue weighted by atomic mass is 10.2. The van der Waals surface area contributed by atoms with Gasteiger partial charge in [-0.05, 0) is 45.0 Å². The lowest BCUT2D eigenvalue weighted by Crippen LogP contribution is -2.33. The number of rotatable bonds is 5. The Morgan fingerprint density at radius 2 is 2.00 bits per heavy atom. The van der Waals surface area contributed by atoms with Crippen LogP contribution >= 0.6 is 11.6 Å². The van der Waals surface area contributed by atoms with E-state index in [1.165, 1.54) is 13.1 Å². The maximum absolute atomic E-state index is 12.1. The average Bonchev–Trinajstić information content (AvgIpc) is 2.92. The van der Waals surface area contributed by atoms with Gasteiger partial charge < -0.3 is 16.0 Å². The first-order valence-corrected chi connectivity index (χ1v) is 8.29. The Bertz CT molecular complexity index is 787. The van der Waals surface area contributed by atoms with Crippen LogP contribution in [0.5, 0.6) is 0 Å². The highest BCUT2D eigenvalue weighted by atomic mass is 35.5. The number of urea groups is 1. The molecule has 0 bridgehead atoms. The number of halogens is 1. The van der Waals surface area contributed by atoms with Crippen LogP contribution in [0.15, 0.2) is 24.3 Å². The van der Waals surface area contributed by atoms with Gasteiger partial charge in [-0.1, -0.05) is 11.6 Å². The van der Waals surface area contributed by atoms with Gasteiger partial charge in [0, 0.05) is 25.0 Å². The smallest absolute Gasteiger partial charge is 0.319 e. The van der Waals surface area contributed by atoms with E-state index in [9.17, 15) is 9.59 Å². The zero-order chi connectivity index (χ0) is 18.6. The highest BCUT2D eigenvalue weighted by Crippen LogP contribution is 2.20. The van der Waals surface area contributed by atoms with Gasteiger partial charge in [0.25, 0.3) is 5.91 Å². The van der Waals surface area contributed by atoms with E-state index in [1.807, 2.05) is 31.5 Å². The van der Waals surface area contributed by atoms with E-state index in [0.717, 1.165) is 11.4 Å². The van der Waals surface area contributed by atoms with Crippen LogP contribution in [0.25, 0.3) is 0 Å². The lowest BCUT2D eigenvalue weighted by Gasteiger charge is -2.16. The number of hydrogen-bond donors (Lipinski definition) is 3. The summed E-state index contributed by atoms with van der Waals surface area (Å²) in [6.07, 6.45) is 0. The Hall–Kier alpha value is -2.54. The first-order valence-electron chi connectivity index (χ1n) is 7.91. The van der Waals surface area contributed by atoms with Crippen LogP contribution in [0.2, 0.25) is 5.02 Å². The molecule has 2 aromatic rings. The molecule has 134 valence electrons. The molecule has 7 nitrogen and oxygen atoms in total. The van der Waals surface area contributed by atoms with Crippen LogP contribution in [0.3, 0.4) is 0 Å². The van der Waals surface area contributed by atoms with E-state index in [1.54, 1.807) is 12.1 Å². The van der Waals surface area contributed by atoms with Crippen molar-refractivity contribution in [3.05, 3.63) is 46.2 Å². The maximum Gasteiger partial charge on any atom is 0.319 e. The van der Waals surface area contributed by atoms with Crippen molar-refractivity contribution >= 4 is 29.2 Å². The highest BCUT2D eigenvalue weighted by molar-refractivity contribution is 6.34. The predicted molar refractivity (Wildman–Crippen MR) is 98.3 cm³/mol. The SMILES string of the molecule is CNC(=O)c1cc(NC(=O)NCC(C)n2nc(C)cc2C)ccc1Cl. The molecule has 8 heteroatoms. The Morgan fingerprint density at radius 3 is 2.60 bits per heavy atom. The third-order valence-electron chi connectivity index (χ3n) is 3.72. The van der Waals surface area contributed by atoms with Gasteiger partial charge in [-0.15, -0.1) is 0 Å². The molecule has 0 aliphatic carbocycles. The van der Waals surface area contributed by atoms with Crippen LogP contribution in [-0.4, -0.2) is 35.3 Å². The predicted octanol–water partition coefficient (Wildman–Crippen LogP) is 2.90. The normalized spacial score (nSPS) is 11.7. The largest absolute Gasteiger partial charge is 0.355 e. The summed E-state index contributed by atoms with van der Waals surface area (Å²) in [5.74, 6) is -0.313. The molecule has 0 aliphatic rings. The summed E-state index contributed by atoms with van der Waals surface area (Å²) < 4.78 is 1.88. The number of benzene rings is 1. The van der Waals surface area contributed by atoms with Crippen molar-refractivity contribution in [1.82, 2.24) is 20.4 Å². The van der Waals surface area contributed by atoms with Gasteiger partial charge in [-0.2, -0.15) is 5.10 Å². The summed E-state index contributed by atoms with van der Waals surface area (Å²) in [5.41, 5.74) is 2.77. The van der Waals surface area contributed by atoms with Gasteiger partial charge in [0.1, 0.15) is 0 Å². The molecule has 2 rings (SSSR count). The summed E-state index contributed by atoms with van der Waals surface area (Å²) in [4.78, 5) is 23.8. The molecule has 1 atom stereocenters. The molecular formula is C17H22ClN5O2. The third-order valence-corrected chi connectivity index (χ3v) is 4.05. The van der Waals surface area contributed by atoms with E-state index in [-0.39, 0.29) is 18.0 Å². The minimum absolute atomic E-state index is 0.0195. The topological polar surface area (TPSA) is 88.0 Å². The molecule has 0 saturated heterocycles. The summed E-state index contributed by atoms with van der Waals surface area (Å²) >= 11 is 5.99. The van der Waals surface area contributed by atoms with Crippen molar-refractivity contribution in [1.29, 1.82) is 0 Å². The maximum atomic E-state index is 12.1. The summed E-state index contributed by atoms with van der Waals surface area (Å²) in [7, 11) is 1.52. The molecule has 1 aromatic heterocycles. The van der Waals surface area contributed by atoms with E-state index in [0.29, 0.717) is 22.8 Å². The van der Waals surface area contributed by atoms with Crippen LogP contribution in [-0.2, 0) is 0 Å². The first kappa shape index (κ1) is 18.8. The second-order valence-corrected chi connectivity index (χ2v) is 6.24. The second kappa shape index (κ2) is 8.02. The van der Waals surface area contributed by atoms with Crippen LogP contribution in [0.1, 0.15) is 34.7 Å². The number of nitrogens with zero attached hydrogens (tertiary/aromatic N) is 2. The average molecular weight is 364 g/mol. The van der Waals surface area contributed by atoms with Gasteiger partial charge in [0.2, 0.25) is 0 Å². The van der Waals surface area contributed by atoms with E-state index in [4.69, 9.17) is 11.6 Å². The van der Waals surface area contributed by atoms with Crippen molar-refractivity contribution in [2.45, 2.75) is 26.8 Å². The number of amides is 3. The minimum Gasteiger partial charge on any atom is -0.355 e. The van der Waals surface area contributed by atoms with Crippen LogP contribution in [0, 0.1) is 13.8 Å². The lowest BCUT2D eigenvalue weighted by molar-refractivity contribution is 0.0963. The molecule has 0 aliphatic heterocycles. The van der Waals surface area contributed by atoms with Gasteiger partial charge in [0.15, 0.2) is 0 Å². The summed E-state index contributed by atoms with van der Waals surface area (Å²) in [6, 6.07) is 6.39. The zero-order valence-corrected chi connectivity index (χ0v) is 15.4. The Labute approximate surface area is 151 Å². The second-order valence-electron chi connectivity index (χ2n) is 5.83. The van der Waals surface area contributed by atoms with Crippen molar-refractivity contribution in [2.24, 2.45) is 0 Å². The molecule has 3 amide bonds. The number of anilines is 1. The van der Waals surface area contributed by atoms with E-state index >= 15 is 0 Å². The molecule has 0 fully saturated rings. The quantitative estimate of drug-likeness (QED) is 0.763. The summed E-state index contributed by atoms with van der Waals surface area (Å²) in [6.45, 7) is 6.31. The number of carbonyl (C=O) groups is 2. The van der Waals surface area contributed by atoms with E-state index in [2.05, 4.69) is 21.0 Å². The number of nitrogens with one attached hydrogen (secondary N) is 3. The monoisotopic (exact) mass is 363 g/mol. The van der Waals surface area contributed by atoms with Crippen molar-refractivity contribution < 1.29 is 9.59 Å². The third kappa shape index (κ3) is 4.73. The van der Waals surface area contributed by atoms with Crippen molar-refractivity contribution in [2.75, 3.05) is 18.9 Å². The van der Waals surface area contributed by atoms with E-state index < -0.39 is 0 Å². The fourth-order valence-electron chi connectivity index (χ4n) is 2.51. The molecule has 25 heavy (non-hydrogen) atoms. The fourth-order valence-corrected chi connectivity index (χ4v) is 2.71. The number of hydrogen-bond acceptors (Lipinski definition) is 3. The molecule has 0 radical (unpaired) electrons. The van der Waals surface area contributed by atoms with Crippen molar-refractivity contribution in [3.8, 4) is 0 Å². The minimum atomic E-state index is -0.362. The zero-order valence-electron chi connectivity index (χ0n) is 14.7. The molecule has 1 heterocycles. The van der Waals surface area contributed by atoms with Gasteiger partial charge in [-0.25, -0.2) is 4.79 Å². The molecule has 1 aromatic carbocycles. The Morgan fingerprint density at radius 1 is 1.28 bits per heavy atom. The van der Waals surface area contributed by atoms with Crippen molar-refractivity contribution in [3.63, 3.8) is 0 Å². The first-order chi connectivity index (χ1) is 11.8. The number of carbonyl (C=O) groups excluding carboxylic acids is 2. The molecule has 0 saturated carbocycles. The number of aromatic nitrogens is 2. The molecular weight excluding hydrogens is 342 g/mol. The Kier molecular flexibility index (Phi) is 6.03. The van der Waals surface area contributed by atoms with Gasteiger partial charge >= 0.3 is 6.03 Å². The number of aryl methyl sites for hydroxylation is 2. The van der Waals surface area contributed by atoms with Gasteiger partial charge in [0.05, 0.1) is 22.3 Å². The summed E-state index contributed by atoms with van der Waals surface area (Å²) in [5, 5.41) is 12.7. The van der Waals surface area contributed by atoms with Gasteiger partial charge in [-0.3, -0.25) is 9.48 Å². The molecule has 3 N–H and O–H groups in total. The highest BCUT2D eigenvalue weighted by Gasteiger charge is 2.13. The Balaban J connectivity index is 1.96. The fraction of sp³-hybridized carbons (Fsp3) is 0.353. The standard InChI is InChI=1S/C17H22ClN5O2/c1-10-7-11(2)23(22-10)12(3)9-20-17(25)21-13-5-6-15(18)14(8-13)16(24)19-4/h5-8,12H,9H2,1-4H3,(H,19,24)(H2,20,21,25). The molecule has 1 unspecified atom stereocenters. The van der Waals surface area contributed by atoms with Crippen LogP contribution < -0.4 is 16.0 Å². The molecule has 0 spiro atoms.